The van der Waals surface area contributed by atoms with Gasteiger partial charge in [-0.25, -0.2) is 0 Å². The first-order chi connectivity index (χ1) is 28.1. The Hall–Kier alpha value is -6.70. The highest BCUT2D eigenvalue weighted by molar-refractivity contribution is 6.10. The lowest BCUT2D eigenvalue weighted by Crippen LogP contribution is -2.23. The van der Waals surface area contributed by atoms with Crippen LogP contribution in [0.4, 0.5) is 17.1 Å². The monoisotopic (exact) mass is 731 g/mol. The molecule has 0 unspecified atom stereocenters. The van der Waals surface area contributed by atoms with Gasteiger partial charge in [-0.15, -0.1) is 0 Å². The number of benzene rings is 8. The third-order valence-corrected chi connectivity index (χ3v) is 12.6. The lowest BCUT2D eigenvalue weighted by molar-refractivity contribution is 0.490. The van der Waals surface area contributed by atoms with Crippen LogP contribution in [-0.4, -0.2) is 0 Å². The zero-order valence-corrected chi connectivity index (χ0v) is 32.6. The number of fused-ring (bicyclic) bond motifs is 5. The van der Waals surface area contributed by atoms with Crippen molar-refractivity contribution in [1.29, 1.82) is 0 Å². The van der Waals surface area contributed by atoms with Crippen molar-refractivity contribution < 1.29 is 0 Å². The molecule has 2 aliphatic carbocycles. The van der Waals surface area contributed by atoms with Crippen molar-refractivity contribution in [1.82, 2.24) is 0 Å². The summed E-state index contributed by atoms with van der Waals surface area (Å²) in [4.78, 5) is 2.43. The first-order valence-corrected chi connectivity index (χ1v) is 20.4. The first kappa shape index (κ1) is 34.8. The van der Waals surface area contributed by atoms with Gasteiger partial charge >= 0.3 is 0 Å². The molecule has 1 heteroatoms. The summed E-state index contributed by atoms with van der Waals surface area (Å²) < 4.78 is 0. The maximum Gasteiger partial charge on any atom is 0.0465 e. The highest BCUT2D eigenvalue weighted by Gasteiger charge is 2.41. The van der Waals surface area contributed by atoms with Crippen molar-refractivity contribution in [2.24, 2.45) is 0 Å². The third kappa shape index (κ3) is 5.94. The van der Waals surface area contributed by atoms with E-state index in [2.05, 4.69) is 219 Å². The van der Waals surface area contributed by atoms with Gasteiger partial charge in [0.1, 0.15) is 0 Å². The second kappa shape index (κ2) is 14.4. The zero-order valence-electron chi connectivity index (χ0n) is 32.6. The van der Waals surface area contributed by atoms with Crippen LogP contribution in [0.25, 0.3) is 62.4 Å². The summed E-state index contributed by atoms with van der Waals surface area (Å²) in [5, 5.41) is 2.54. The molecule has 0 saturated carbocycles. The fourth-order valence-electron chi connectivity index (χ4n) is 9.64. The van der Waals surface area contributed by atoms with Gasteiger partial charge in [-0.05, 0) is 133 Å². The van der Waals surface area contributed by atoms with Gasteiger partial charge in [0.05, 0.1) is 0 Å². The fourth-order valence-corrected chi connectivity index (χ4v) is 9.64. The van der Waals surface area contributed by atoms with Gasteiger partial charge in [0.2, 0.25) is 0 Å². The molecule has 274 valence electrons. The van der Waals surface area contributed by atoms with Crippen LogP contribution in [0.1, 0.15) is 60.1 Å². The van der Waals surface area contributed by atoms with Gasteiger partial charge in [-0.3, -0.25) is 0 Å². The Balaban J connectivity index is 1.05. The highest BCUT2D eigenvalue weighted by atomic mass is 15.1. The Kier molecular flexibility index (Phi) is 8.80. The summed E-state index contributed by atoms with van der Waals surface area (Å²) in [6, 6.07) is 65.0. The molecule has 0 amide bonds. The van der Waals surface area contributed by atoms with Crippen molar-refractivity contribution in [3.05, 3.63) is 215 Å². The lowest BCUT2D eigenvalue weighted by Gasteiger charge is -2.32. The largest absolute Gasteiger partial charge is 0.310 e. The molecular weight excluding hydrogens is 687 g/mol. The molecular formula is C56H45N. The van der Waals surface area contributed by atoms with E-state index < -0.39 is 0 Å². The molecule has 0 fully saturated rings. The predicted octanol–water partition coefficient (Wildman–Crippen LogP) is 15.5. The first-order valence-electron chi connectivity index (χ1n) is 20.4. The minimum Gasteiger partial charge on any atom is -0.310 e. The third-order valence-electron chi connectivity index (χ3n) is 12.6. The number of rotatable bonds is 9. The van der Waals surface area contributed by atoms with E-state index in [4.69, 9.17) is 0 Å². The molecule has 0 N–H and O–H groups in total. The van der Waals surface area contributed by atoms with Crippen molar-refractivity contribution in [3.8, 4) is 33.4 Å². The van der Waals surface area contributed by atoms with Crippen molar-refractivity contribution in [2.45, 2.75) is 38.5 Å². The van der Waals surface area contributed by atoms with Crippen LogP contribution >= 0.6 is 0 Å². The molecule has 8 aromatic rings. The van der Waals surface area contributed by atoms with E-state index >= 15 is 0 Å². The fraction of sp³-hybridized carbons (Fsp3) is 0.107. The Morgan fingerprint density at radius 1 is 0.509 bits per heavy atom. The summed E-state index contributed by atoms with van der Waals surface area (Å²) in [5.74, 6) is 0. The Labute approximate surface area is 336 Å². The maximum absolute atomic E-state index is 2.49. The Bertz CT molecular complexity index is 2780. The summed E-state index contributed by atoms with van der Waals surface area (Å²) in [6.07, 6.45) is 12.2. The Morgan fingerprint density at radius 3 is 1.84 bits per heavy atom. The maximum atomic E-state index is 2.49. The van der Waals surface area contributed by atoms with Gasteiger partial charge in [0.25, 0.3) is 0 Å². The standard InChI is InChI=1S/C56H45N/c1-3-56(4-2)53-36-39(26-28-43-30-34-50(42-18-10-6-11-19-42)55-48(24-15-25-49(43)55)41-16-8-5-9-17-41)27-33-51(53)52-35-32-47(38-54(52)56)57(45-22-12-7-13-23-45)46-31-29-40-20-14-21-44(40)37-46/h5-20,22-38H,3-4,21H2,1-2H3/b28-26+. The number of anilines is 3. The van der Waals surface area contributed by atoms with Gasteiger partial charge in [-0.1, -0.05) is 178 Å². The molecule has 0 saturated heterocycles. The molecule has 0 spiro atoms. The second-order valence-corrected chi connectivity index (χ2v) is 15.5. The van der Waals surface area contributed by atoms with Crippen LogP contribution in [0, 0.1) is 0 Å². The average Bonchev–Trinajstić information content (AvgIpc) is 3.86. The minimum atomic E-state index is -0.0800. The molecule has 0 heterocycles. The van der Waals surface area contributed by atoms with E-state index in [9.17, 15) is 0 Å². The van der Waals surface area contributed by atoms with E-state index in [-0.39, 0.29) is 5.41 Å². The summed E-state index contributed by atoms with van der Waals surface area (Å²) in [5.41, 5.74) is 19.2. The average molecular weight is 732 g/mol. The van der Waals surface area contributed by atoms with Crippen LogP contribution in [0.3, 0.4) is 0 Å². The molecule has 0 bridgehead atoms. The SMILES string of the molecule is CCC1(CC)c2cc(/C=C/c3ccc(-c4ccccc4)c4c(-c5ccccc5)cccc34)ccc2-c2ccc(N(c3ccccc3)c3ccc4c(c3)CC=C4)cc21. The van der Waals surface area contributed by atoms with Gasteiger partial charge in [-0.2, -0.15) is 0 Å². The van der Waals surface area contributed by atoms with Gasteiger partial charge in [0.15, 0.2) is 0 Å². The molecule has 0 radical (unpaired) electrons. The number of hydrogen-bond donors (Lipinski definition) is 0. The van der Waals surface area contributed by atoms with Gasteiger partial charge < -0.3 is 4.90 Å². The van der Waals surface area contributed by atoms with E-state index in [1.807, 2.05) is 0 Å². The van der Waals surface area contributed by atoms with Crippen LogP contribution in [0.5, 0.6) is 0 Å². The van der Waals surface area contributed by atoms with Crippen LogP contribution in [0.15, 0.2) is 182 Å². The normalized spacial score (nSPS) is 13.5. The smallest absolute Gasteiger partial charge is 0.0465 e. The molecule has 0 atom stereocenters. The number of allylic oxidation sites excluding steroid dienone is 1. The number of para-hydroxylation sites is 1. The number of nitrogens with zero attached hydrogens (tertiary/aromatic N) is 1. The van der Waals surface area contributed by atoms with E-state index in [0.29, 0.717) is 0 Å². The van der Waals surface area contributed by atoms with Crippen LogP contribution in [-0.2, 0) is 11.8 Å². The van der Waals surface area contributed by atoms with Crippen molar-refractivity contribution in [2.75, 3.05) is 4.90 Å². The summed E-state index contributed by atoms with van der Waals surface area (Å²) in [7, 11) is 0. The van der Waals surface area contributed by atoms with E-state index in [1.54, 1.807) is 0 Å². The molecule has 8 aromatic carbocycles. The highest BCUT2D eigenvalue weighted by Crippen LogP contribution is 2.54. The number of hydrogen-bond acceptors (Lipinski definition) is 1. The quantitative estimate of drug-likeness (QED) is 0.134. The summed E-state index contributed by atoms with van der Waals surface area (Å²) in [6.45, 7) is 4.73. The molecule has 0 aromatic heterocycles. The summed E-state index contributed by atoms with van der Waals surface area (Å²) >= 11 is 0. The lowest BCUT2D eigenvalue weighted by atomic mass is 9.73. The van der Waals surface area contributed by atoms with E-state index in [0.717, 1.165) is 19.3 Å². The molecule has 0 aliphatic heterocycles. The van der Waals surface area contributed by atoms with Crippen molar-refractivity contribution in [3.63, 3.8) is 0 Å². The van der Waals surface area contributed by atoms with Crippen LogP contribution in [0.2, 0.25) is 0 Å². The Morgan fingerprint density at radius 2 is 1.12 bits per heavy atom. The molecule has 1 nitrogen and oxygen atoms in total. The zero-order chi connectivity index (χ0) is 38.3. The van der Waals surface area contributed by atoms with E-state index in [1.165, 1.54) is 94.6 Å². The predicted molar refractivity (Wildman–Crippen MR) is 244 cm³/mol. The molecule has 10 rings (SSSR count). The molecule has 57 heavy (non-hydrogen) atoms. The molecule has 2 aliphatic rings. The second-order valence-electron chi connectivity index (χ2n) is 15.5. The van der Waals surface area contributed by atoms with Crippen LogP contribution < -0.4 is 4.90 Å². The van der Waals surface area contributed by atoms with Crippen molar-refractivity contribution >= 4 is 46.1 Å². The van der Waals surface area contributed by atoms with Gasteiger partial charge in [0, 0.05) is 22.5 Å². The topological polar surface area (TPSA) is 3.24 Å². The minimum absolute atomic E-state index is 0.0800.